The zero-order valence-corrected chi connectivity index (χ0v) is 10.9. The standard InChI is InChI=1S/C14H11F2N3O/c1-8-3-10(15)11(4-9(8)2)19-13-6-17-7-18(13)12(16)5-14(19)20/h3-7H,1-2H3. The molecular formula is C14H11F2N3O. The second-order valence-electron chi connectivity index (χ2n) is 4.65. The first-order valence-corrected chi connectivity index (χ1v) is 6.00. The predicted molar refractivity (Wildman–Crippen MR) is 70.2 cm³/mol. The SMILES string of the molecule is Cc1cc(F)c(-n2c(=O)cc(F)n3cncc23)cc1C. The first-order chi connectivity index (χ1) is 9.49. The number of fused-ring (bicyclic) bond motifs is 1. The summed E-state index contributed by atoms with van der Waals surface area (Å²) in [4.78, 5) is 15.8. The Morgan fingerprint density at radius 2 is 1.80 bits per heavy atom. The molecule has 0 saturated carbocycles. The fourth-order valence-corrected chi connectivity index (χ4v) is 2.15. The topological polar surface area (TPSA) is 39.3 Å². The molecule has 0 saturated heterocycles. The van der Waals surface area contributed by atoms with Crippen LogP contribution in [0.1, 0.15) is 11.1 Å². The lowest BCUT2D eigenvalue weighted by molar-refractivity contribution is 0.555. The van der Waals surface area contributed by atoms with Crippen LogP contribution in [0.4, 0.5) is 8.78 Å². The van der Waals surface area contributed by atoms with Gasteiger partial charge in [-0.2, -0.15) is 4.39 Å². The molecule has 0 amide bonds. The fraction of sp³-hybridized carbons (Fsp3) is 0.143. The van der Waals surface area contributed by atoms with Gasteiger partial charge in [-0.05, 0) is 37.1 Å². The number of hydrogen-bond acceptors (Lipinski definition) is 2. The molecule has 4 nitrogen and oxygen atoms in total. The van der Waals surface area contributed by atoms with Crippen LogP contribution in [0.2, 0.25) is 0 Å². The van der Waals surface area contributed by atoms with Crippen molar-refractivity contribution in [1.82, 2.24) is 14.0 Å². The Morgan fingerprint density at radius 1 is 1.10 bits per heavy atom. The third-order valence-electron chi connectivity index (χ3n) is 3.35. The van der Waals surface area contributed by atoms with E-state index < -0.39 is 17.3 Å². The van der Waals surface area contributed by atoms with Gasteiger partial charge in [0.15, 0.2) is 0 Å². The summed E-state index contributed by atoms with van der Waals surface area (Å²) in [6.45, 7) is 3.60. The molecule has 102 valence electrons. The number of aryl methyl sites for hydroxylation is 2. The summed E-state index contributed by atoms with van der Waals surface area (Å²) in [5.74, 6) is -1.27. The van der Waals surface area contributed by atoms with E-state index >= 15 is 0 Å². The van der Waals surface area contributed by atoms with Crippen LogP contribution < -0.4 is 5.56 Å². The highest BCUT2D eigenvalue weighted by molar-refractivity contribution is 5.50. The minimum atomic E-state index is -0.733. The van der Waals surface area contributed by atoms with Gasteiger partial charge < -0.3 is 0 Å². The molecule has 0 radical (unpaired) electrons. The van der Waals surface area contributed by atoms with Gasteiger partial charge in [0.25, 0.3) is 5.56 Å². The van der Waals surface area contributed by atoms with Gasteiger partial charge in [-0.3, -0.25) is 13.8 Å². The molecule has 0 aliphatic rings. The molecule has 0 aliphatic carbocycles. The Labute approximate surface area is 112 Å². The Morgan fingerprint density at radius 3 is 2.55 bits per heavy atom. The number of halogens is 2. The second-order valence-corrected chi connectivity index (χ2v) is 4.65. The van der Waals surface area contributed by atoms with Gasteiger partial charge in [0.05, 0.1) is 18.0 Å². The molecule has 6 heteroatoms. The van der Waals surface area contributed by atoms with Crippen molar-refractivity contribution < 1.29 is 8.78 Å². The lowest BCUT2D eigenvalue weighted by Crippen LogP contribution is -2.22. The normalized spacial score (nSPS) is 11.2. The summed E-state index contributed by atoms with van der Waals surface area (Å²) in [5.41, 5.74) is 1.25. The van der Waals surface area contributed by atoms with Gasteiger partial charge in [-0.15, -0.1) is 0 Å². The van der Waals surface area contributed by atoms with E-state index in [1.54, 1.807) is 13.0 Å². The highest BCUT2D eigenvalue weighted by Gasteiger charge is 2.14. The maximum atomic E-state index is 14.1. The van der Waals surface area contributed by atoms with Crippen molar-refractivity contribution in [3.8, 4) is 5.69 Å². The maximum Gasteiger partial charge on any atom is 0.261 e. The number of imidazole rings is 1. The molecule has 20 heavy (non-hydrogen) atoms. The van der Waals surface area contributed by atoms with E-state index in [4.69, 9.17) is 0 Å². The van der Waals surface area contributed by atoms with Gasteiger partial charge in [-0.1, -0.05) is 0 Å². The lowest BCUT2D eigenvalue weighted by atomic mass is 10.1. The second kappa shape index (κ2) is 4.26. The van der Waals surface area contributed by atoms with Crippen LogP contribution in [0, 0.1) is 25.6 Å². The van der Waals surface area contributed by atoms with Crippen LogP contribution in [0.25, 0.3) is 11.3 Å². The highest BCUT2D eigenvalue weighted by Crippen LogP contribution is 2.19. The number of benzene rings is 1. The molecule has 0 fully saturated rings. The molecule has 2 heterocycles. The van der Waals surface area contributed by atoms with E-state index in [1.807, 2.05) is 6.92 Å². The Bertz CT molecular complexity index is 880. The molecule has 3 aromatic rings. The highest BCUT2D eigenvalue weighted by atomic mass is 19.1. The first-order valence-electron chi connectivity index (χ1n) is 6.00. The van der Waals surface area contributed by atoms with Crippen LogP contribution in [-0.4, -0.2) is 14.0 Å². The van der Waals surface area contributed by atoms with Crippen LogP contribution in [0.15, 0.2) is 35.5 Å². The largest absolute Gasteiger partial charge is 0.269 e. The van der Waals surface area contributed by atoms with E-state index in [9.17, 15) is 13.6 Å². The van der Waals surface area contributed by atoms with Crippen LogP contribution in [-0.2, 0) is 0 Å². The first kappa shape index (κ1) is 12.5. The number of nitrogens with zero attached hydrogens (tertiary/aromatic N) is 3. The monoisotopic (exact) mass is 275 g/mol. The number of rotatable bonds is 1. The molecule has 3 rings (SSSR count). The minimum Gasteiger partial charge on any atom is -0.269 e. The molecule has 0 spiro atoms. The Kier molecular flexibility index (Phi) is 2.67. The van der Waals surface area contributed by atoms with Crippen molar-refractivity contribution in [3.05, 3.63) is 64.0 Å². The van der Waals surface area contributed by atoms with E-state index in [2.05, 4.69) is 4.98 Å². The summed E-state index contributed by atoms with van der Waals surface area (Å²) < 4.78 is 30.0. The lowest BCUT2D eigenvalue weighted by Gasteiger charge is -2.11. The van der Waals surface area contributed by atoms with Crippen LogP contribution >= 0.6 is 0 Å². The maximum absolute atomic E-state index is 14.1. The van der Waals surface area contributed by atoms with Crippen molar-refractivity contribution >= 4 is 5.65 Å². The molecule has 0 N–H and O–H groups in total. The number of hydrogen-bond donors (Lipinski definition) is 0. The van der Waals surface area contributed by atoms with Crippen LogP contribution in [0.3, 0.4) is 0 Å². The van der Waals surface area contributed by atoms with Crippen molar-refractivity contribution in [3.63, 3.8) is 0 Å². The van der Waals surface area contributed by atoms with Crippen molar-refractivity contribution in [2.24, 2.45) is 0 Å². The van der Waals surface area contributed by atoms with E-state index in [0.717, 1.165) is 26.2 Å². The third-order valence-corrected chi connectivity index (χ3v) is 3.35. The molecule has 0 aliphatic heterocycles. The predicted octanol–water partition coefficient (Wildman–Crippen LogP) is 2.38. The third kappa shape index (κ3) is 1.72. The zero-order chi connectivity index (χ0) is 14.4. The van der Waals surface area contributed by atoms with Gasteiger partial charge in [0.1, 0.15) is 17.8 Å². The molecule has 2 aromatic heterocycles. The molecule has 0 atom stereocenters. The molecule has 0 unspecified atom stereocenters. The van der Waals surface area contributed by atoms with Gasteiger partial charge >= 0.3 is 0 Å². The van der Waals surface area contributed by atoms with Crippen molar-refractivity contribution in [2.45, 2.75) is 13.8 Å². The van der Waals surface area contributed by atoms with Gasteiger partial charge in [-0.25, -0.2) is 9.37 Å². The van der Waals surface area contributed by atoms with Gasteiger partial charge in [0.2, 0.25) is 5.95 Å². The van der Waals surface area contributed by atoms with Crippen molar-refractivity contribution in [2.75, 3.05) is 0 Å². The summed E-state index contributed by atoms with van der Waals surface area (Å²) >= 11 is 0. The Hall–Kier alpha value is -2.50. The van der Waals surface area contributed by atoms with E-state index in [0.29, 0.717) is 0 Å². The molecule has 1 aromatic carbocycles. The smallest absolute Gasteiger partial charge is 0.261 e. The van der Waals surface area contributed by atoms with E-state index in [1.165, 1.54) is 18.6 Å². The quantitative estimate of drug-likeness (QED) is 0.640. The average Bonchev–Trinajstić information content (AvgIpc) is 2.84. The minimum absolute atomic E-state index is 0.0867. The summed E-state index contributed by atoms with van der Waals surface area (Å²) in [6.07, 6.45) is 2.55. The Balaban J connectivity index is 2.44. The van der Waals surface area contributed by atoms with E-state index in [-0.39, 0.29) is 11.3 Å². The fourth-order valence-electron chi connectivity index (χ4n) is 2.15. The summed E-state index contributed by atoms with van der Waals surface area (Å²) in [5, 5.41) is 0. The van der Waals surface area contributed by atoms with Crippen LogP contribution in [0.5, 0.6) is 0 Å². The zero-order valence-electron chi connectivity index (χ0n) is 10.9. The molecular weight excluding hydrogens is 264 g/mol. The number of aromatic nitrogens is 3. The molecule has 0 bridgehead atoms. The average molecular weight is 275 g/mol. The van der Waals surface area contributed by atoms with Gasteiger partial charge in [0, 0.05) is 0 Å². The van der Waals surface area contributed by atoms with Crippen molar-refractivity contribution in [1.29, 1.82) is 0 Å². The summed E-state index contributed by atoms with van der Waals surface area (Å²) in [7, 11) is 0. The summed E-state index contributed by atoms with van der Waals surface area (Å²) in [6, 6.07) is 3.73.